The lowest BCUT2D eigenvalue weighted by atomic mass is 10.0. The number of thioether (sulfide) groups is 1. The van der Waals surface area contributed by atoms with Gasteiger partial charge in [-0.25, -0.2) is 4.98 Å². The van der Waals surface area contributed by atoms with Gasteiger partial charge in [0.25, 0.3) is 0 Å². The molecule has 0 amide bonds. The molecule has 1 saturated heterocycles. The summed E-state index contributed by atoms with van der Waals surface area (Å²) in [5.41, 5.74) is 5.53. The first kappa shape index (κ1) is 16.9. The number of hydrogen-bond acceptors (Lipinski definition) is 4. The Kier molecular flexibility index (Phi) is 4.55. The molecule has 0 N–H and O–H groups in total. The summed E-state index contributed by atoms with van der Waals surface area (Å²) in [7, 11) is 0. The van der Waals surface area contributed by atoms with Crippen molar-refractivity contribution in [2.75, 3.05) is 6.61 Å². The van der Waals surface area contributed by atoms with Gasteiger partial charge in [-0.15, -0.1) is 0 Å². The molecule has 0 bridgehead atoms. The maximum absolute atomic E-state index is 11.9. The summed E-state index contributed by atoms with van der Waals surface area (Å²) in [6.07, 6.45) is 2.77. The van der Waals surface area contributed by atoms with Gasteiger partial charge in [0.15, 0.2) is 5.16 Å². The lowest BCUT2D eigenvalue weighted by Crippen LogP contribution is -2.10. The number of aromatic nitrogens is 2. The lowest BCUT2D eigenvalue weighted by molar-refractivity contribution is -0.137. The number of imidazole rings is 1. The van der Waals surface area contributed by atoms with Crippen molar-refractivity contribution in [3.8, 4) is 16.9 Å². The van der Waals surface area contributed by atoms with Crippen molar-refractivity contribution in [3.05, 3.63) is 65.9 Å². The molecule has 1 aliphatic rings. The standard InChI is InChI=1S/C21H20N2O2S/c1-14-8-9-16(12-15(14)2)18-13-23(17-6-4-3-5-7-17)21(22-18)26-19-10-11-25-20(19)24/h3-9,12-13,19H,10-11H2,1-2H3/t19-/m1/s1. The first-order valence-corrected chi connectivity index (χ1v) is 9.55. The minimum atomic E-state index is -0.188. The molecule has 0 aliphatic carbocycles. The van der Waals surface area contributed by atoms with Crippen LogP contribution in [0.15, 0.2) is 59.9 Å². The lowest BCUT2D eigenvalue weighted by Gasteiger charge is -2.08. The van der Waals surface area contributed by atoms with E-state index in [-0.39, 0.29) is 11.2 Å². The van der Waals surface area contributed by atoms with Crippen molar-refractivity contribution >= 4 is 17.7 Å². The molecule has 132 valence electrons. The SMILES string of the molecule is Cc1ccc(-c2cn(-c3ccccc3)c(S[C@@H]3CCOC3=O)n2)cc1C. The highest BCUT2D eigenvalue weighted by atomic mass is 32.2. The molecule has 1 aromatic heterocycles. The summed E-state index contributed by atoms with van der Waals surface area (Å²) >= 11 is 1.48. The zero-order valence-electron chi connectivity index (χ0n) is 14.8. The van der Waals surface area contributed by atoms with Crippen LogP contribution in [0, 0.1) is 13.8 Å². The third-order valence-electron chi connectivity index (χ3n) is 4.65. The zero-order chi connectivity index (χ0) is 18.1. The van der Waals surface area contributed by atoms with Crippen molar-refractivity contribution in [1.29, 1.82) is 0 Å². The second-order valence-electron chi connectivity index (χ2n) is 6.48. The van der Waals surface area contributed by atoms with Crippen LogP contribution in [0.3, 0.4) is 0 Å². The van der Waals surface area contributed by atoms with Crippen LogP contribution in [0.2, 0.25) is 0 Å². The van der Waals surface area contributed by atoms with Crippen molar-refractivity contribution < 1.29 is 9.53 Å². The third-order valence-corrected chi connectivity index (χ3v) is 5.86. The van der Waals surface area contributed by atoms with Crippen molar-refractivity contribution in [2.24, 2.45) is 0 Å². The summed E-state index contributed by atoms with van der Waals surface area (Å²) in [4.78, 5) is 16.7. The first-order valence-electron chi connectivity index (χ1n) is 8.67. The van der Waals surface area contributed by atoms with Gasteiger partial charge in [0.2, 0.25) is 0 Å². The van der Waals surface area contributed by atoms with Gasteiger partial charge < -0.3 is 4.74 Å². The summed E-state index contributed by atoms with van der Waals surface area (Å²) in [5, 5.41) is 0.626. The molecule has 5 heteroatoms. The van der Waals surface area contributed by atoms with Gasteiger partial charge >= 0.3 is 5.97 Å². The quantitative estimate of drug-likeness (QED) is 0.637. The minimum absolute atomic E-state index is 0.148. The van der Waals surface area contributed by atoms with E-state index < -0.39 is 0 Å². The average molecular weight is 364 g/mol. The molecule has 1 aliphatic heterocycles. The van der Waals surface area contributed by atoms with E-state index in [4.69, 9.17) is 9.72 Å². The van der Waals surface area contributed by atoms with Crippen LogP contribution < -0.4 is 0 Å². The van der Waals surface area contributed by atoms with Gasteiger partial charge in [-0.2, -0.15) is 0 Å². The highest BCUT2D eigenvalue weighted by Gasteiger charge is 2.29. The number of carbonyl (C=O) groups excluding carboxylic acids is 1. The monoisotopic (exact) mass is 364 g/mol. The van der Waals surface area contributed by atoms with Gasteiger partial charge in [-0.3, -0.25) is 9.36 Å². The molecular weight excluding hydrogens is 344 g/mol. The highest BCUT2D eigenvalue weighted by molar-refractivity contribution is 8.00. The predicted molar refractivity (Wildman–Crippen MR) is 104 cm³/mol. The molecule has 26 heavy (non-hydrogen) atoms. The minimum Gasteiger partial charge on any atom is -0.465 e. The molecule has 2 aromatic carbocycles. The molecule has 3 aromatic rings. The molecule has 0 saturated carbocycles. The molecule has 0 unspecified atom stereocenters. The van der Waals surface area contributed by atoms with E-state index in [1.165, 1.54) is 22.9 Å². The van der Waals surface area contributed by atoms with Crippen molar-refractivity contribution in [1.82, 2.24) is 9.55 Å². The van der Waals surface area contributed by atoms with Crippen LogP contribution >= 0.6 is 11.8 Å². The molecule has 2 heterocycles. The average Bonchev–Trinajstić information content (AvgIpc) is 3.25. The first-order chi connectivity index (χ1) is 12.6. The predicted octanol–water partition coefficient (Wildman–Crippen LogP) is 4.56. The number of ether oxygens (including phenoxy) is 1. The Morgan fingerprint density at radius 1 is 1.12 bits per heavy atom. The molecule has 1 fully saturated rings. The van der Waals surface area contributed by atoms with E-state index in [1.807, 2.05) is 36.5 Å². The Morgan fingerprint density at radius 3 is 2.62 bits per heavy atom. The number of esters is 1. The largest absolute Gasteiger partial charge is 0.465 e. The third kappa shape index (κ3) is 3.27. The topological polar surface area (TPSA) is 44.1 Å². The van der Waals surface area contributed by atoms with Crippen LogP contribution in [-0.4, -0.2) is 27.4 Å². The number of benzene rings is 2. The van der Waals surface area contributed by atoms with E-state index >= 15 is 0 Å². The Hall–Kier alpha value is -2.53. The molecule has 0 spiro atoms. The summed E-state index contributed by atoms with van der Waals surface area (Å²) in [6.45, 7) is 4.71. The van der Waals surface area contributed by atoms with Crippen LogP contribution in [0.4, 0.5) is 0 Å². The van der Waals surface area contributed by atoms with E-state index in [2.05, 4.69) is 36.6 Å². The fourth-order valence-corrected chi connectivity index (χ4v) is 4.03. The van der Waals surface area contributed by atoms with E-state index in [1.54, 1.807) is 0 Å². The number of aryl methyl sites for hydroxylation is 2. The normalized spacial score (nSPS) is 16.7. The van der Waals surface area contributed by atoms with Gasteiger partial charge in [-0.1, -0.05) is 42.1 Å². The Balaban J connectivity index is 1.76. The van der Waals surface area contributed by atoms with Crippen LogP contribution in [0.5, 0.6) is 0 Å². The van der Waals surface area contributed by atoms with E-state index in [9.17, 15) is 4.79 Å². The second-order valence-corrected chi connectivity index (χ2v) is 7.65. The molecule has 4 rings (SSSR count). The number of nitrogens with zero attached hydrogens (tertiary/aromatic N) is 2. The fourth-order valence-electron chi connectivity index (χ4n) is 2.97. The van der Waals surface area contributed by atoms with Crippen molar-refractivity contribution in [3.63, 3.8) is 0 Å². The number of cyclic esters (lactones) is 1. The fraction of sp³-hybridized carbons (Fsp3) is 0.238. The second kappa shape index (κ2) is 7.00. The van der Waals surface area contributed by atoms with Crippen LogP contribution in [0.1, 0.15) is 17.5 Å². The van der Waals surface area contributed by atoms with Gasteiger partial charge in [-0.05, 0) is 43.2 Å². The number of para-hydroxylation sites is 1. The van der Waals surface area contributed by atoms with Crippen LogP contribution in [-0.2, 0) is 9.53 Å². The number of hydrogen-bond donors (Lipinski definition) is 0. The smallest absolute Gasteiger partial charge is 0.319 e. The van der Waals surface area contributed by atoms with E-state index in [0.717, 1.165) is 28.5 Å². The number of carbonyl (C=O) groups is 1. The Labute approximate surface area is 157 Å². The van der Waals surface area contributed by atoms with Gasteiger partial charge in [0.05, 0.1) is 12.3 Å². The van der Waals surface area contributed by atoms with Crippen LogP contribution in [0.25, 0.3) is 16.9 Å². The summed E-state index contributed by atoms with van der Waals surface area (Å²) < 4.78 is 7.16. The molecule has 1 atom stereocenters. The maximum atomic E-state index is 11.9. The Morgan fingerprint density at radius 2 is 1.92 bits per heavy atom. The highest BCUT2D eigenvalue weighted by Crippen LogP contribution is 2.33. The van der Waals surface area contributed by atoms with E-state index in [0.29, 0.717) is 6.61 Å². The zero-order valence-corrected chi connectivity index (χ0v) is 15.6. The molecular formula is C21H20N2O2S. The van der Waals surface area contributed by atoms with Crippen molar-refractivity contribution in [2.45, 2.75) is 30.7 Å². The number of rotatable bonds is 4. The van der Waals surface area contributed by atoms with Gasteiger partial charge in [0, 0.05) is 23.9 Å². The van der Waals surface area contributed by atoms with Gasteiger partial charge in [0.1, 0.15) is 5.25 Å². The maximum Gasteiger partial charge on any atom is 0.319 e. The summed E-state index contributed by atoms with van der Waals surface area (Å²) in [5.74, 6) is -0.148. The molecule has 4 nitrogen and oxygen atoms in total. The molecule has 0 radical (unpaired) electrons. The Bertz CT molecular complexity index is 950. The summed E-state index contributed by atoms with van der Waals surface area (Å²) in [6, 6.07) is 16.5.